The summed E-state index contributed by atoms with van der Waals surface area (Å²) in [6.07, 6.45) is -4.72. The van der Waals surface area contributed by atoms with Gasteiger partial charge in [-0.25, -0.2) is 8.42 Å². The monoisotopic (exact) mass is 631 g/mol. The summed E-state index contributed by atoms with van der Waals surface area (Å²) >= 11 is 1.20. The lowest BCUT2D eigenvalue weighted by atomic mass is 10.0. The average molecular weight is 632 g/mol. The third-order valence-electron chi connectivity index (χ3n) is 7.07. The van der Waals surface area contributed by atoms with Crippen LogP contribution in [0, 0.1) is 20.8 Å². The van der Waals surface area contributed by atoms with Crippen LogP contribution in [-0.4, -0.2) is 29.6 Å². The molecule has 43 heavy (non-hydrogen) atoms. The van der Waals surface area contributed by atoms with Crippen LogP contribution in [0.5, 0.6) is 0 Å². The fraction of sp³-hybridized carbons (Fsp3) is 0.281. The molecule has 4 rings (SSSR count). The smallest absolute Gasteiger partial charge is 0.449 e. The Hall–Kier alpha value is -3.54. The minimum atomic E-state index is -4.72. The number of halogens is 3. The second-order valence-corrected chi connectivity index (χ2v) is 13.7. The Labute approximate surface area is 253 Å². The van der Waals surface area contributed by atoms with E-state index in [9.17, 15) is 26.4 Å². The number of furan rings is 1. The van der Waals surface area contributed by atoms with Crippen molar-refractivity contribution >= 4 is 27.8 Å². The van der Waals surface area contributed by atoms with E-state index in [0.717, 1.165) is 27.7 Å². The molecule has 1 N–H and O–H groups in total. The SMILES string of the molecule is Cc1cc(C)c(S(=O)(=O)N(Cc2ccc(-c3cccc(SCC(=O)O)c3)cc2)C(C)(C)c2ccc(C(F)(F)F)o2)c(C)c1. The molecule has 0 spiro atoms. The molecule has 0 amide bonds. The molecule has 0 bridgehead atoms. The van der Waals surface area contributed by atoms with Gasteiger partial charge in [-0.2, -0.15) is 17.5 Å². The highest BCUT2D eigenvalue weighted by molar-refractivity contribution is 8.00. The van der Waals surface area contributed by atoms with Crippen molar-refractivity contribution in [3.05, 3.63) is 107 Å². The van der Waals surface area contributed by atoms with E-state index in [1.807, 2.05) is 43.3 Å². The number of benzene rings is 3. The zero-order valence-corrected chi connectivity index (χ0v) is 26.0. The number of aryl methyl sites for hydroxylation is 3. The zero-order valence-electron chi connectivity index (χ0n) is 24.3. The molecule has 0 saturated heterocycles. The van der Waals surface area contributed by atoms with Crippen LogP contribution in [0.2, 0.25) is 0 Å². The van der Waals surface area contributed by atoms with Crippen molar-refractivity contribution in [2.45, 2.75) is 62.7 Å². The van der Waals surface area contributed by atoms with E-state index in [-0.39, 0.29) is 23.0 Å². The third kappa shape index (κ3) is 7.17. The van der Waals surface area contributed by atoms with Gasteiger partial charge in [0.05, 0.1) is 16.2 Å². The highest BCUT2D eigenvalue weighted by atomic mass is 32.2. The lowest BCUT2D eigenvalue weighted by molar-refractivity contribution is -0.154. The Balaban J connectivity index is 1.75. The van der Waals surface area contributed by atoms with E-state index in [4.69, 9.17) is 9.52 Å². The number of rotatable bonds is 10. The molecule has 11 heteroatoms. The summed E-state index contributed by atoms with van der Waals surface area (Å²) in [4.78, 5) is 11.8. The Morgan fingerprint density at radius 2 is 1.49 bits per heavy atom. The van der Waals surface area contributed by atoms with Gasteiger partial charge in [-0.3, -0.25) is 4.79 Å². The molecule has 1 aromatic heterocycles. The average Bonchev–Trinajstić information content (AvgIpc) is 3.43. The first-order valence-electron chi connectivity index (χ1n) is 13.3. The van der Waals surface area contributed by atoms with Crippen molar-refractivity contribution in [1.82, 2.24) is 4.31 Å². The van der Waals surface area contributed by atoms with E-state index >= 15 is 0 Å². The molecule has 0 aliphatic rings. The number of carbonyl (C=O) groups is 1. The Kier molecular flexibility index (Phi) is 9.20. The van der Waals surface area contributed by atoms with Crippen LogP contribution < -0.4 is 0 Å². The maximum Gasteiger partial charge on any atom is 0.449 e. The number of carboxylic acid groups (broad SMARTS) is 1. The minimum absolute atomic E-state index is 0.0669. The van der Waals surface area contributed by atoms with Crippen LogP contribution in [-0.2, 0) is 33.1 Å². The lowest BCUT2D eigenvalue weighted by Gasteiger charge is -2.37. The van der Waals surface area contributed by atoms with Gasteiger partial charge in [0.1, 0.15) is 5.76 Å². The first-order chi connectivity index (χ1) is 20.0. The topological polar surface area (TPSA) is 87.8 Å². The largest absolute Gasteiger partial charge is 0.481 e. The standard InChI is InChI=1S/C32H32F3NO5S2/c1-20-15-21(2)30(22(3)16-20)43(39,40)36(31(4,5)27-13-14-28(41-27)32(33,34)35)18-23-9-11-24(12-10-23)25-7-6-8-26(17-25)42-19-29(37)38/h6-17H,18-19H2,1-5H3,(H,37,38). The summed E-state index contributed by atoms with van der Waals surface area (Å²) < 4.78 is 75.3. The molecule has 3 aromatic carbocycles. The number of hydrogen-bond donors (Lipinski definition) is 1. The molecule has 1 heterocycles. The predicted octanol–water partition coefficient (Wildman–Crippen LogP) is 8.19. The number of sulfonamides is 1. The Morgan fingerprint density at radius 3 is 2.05 bits per heavy atom. The van der Waals surface area contributed by atoms with E-state index in [2.05, 4.69) is 0 Å². The number of hydrogen-bond acceptors (Lipinski definition) is 5. The van der Waals surface area contributed by atoms with Crippen LogP contribution in [0.3, 0.4) is 0 Å². The Bertz CT molecular complexity index is 1720. The summed E-state index contributed by atoms with van der Waals surface area (Å²) in [5.41, 5.74) is 2.76. The number of thioether (sulfide) groups is 1. The minimum Gasteiger partial charge on any atom is -0.481 e. The Morgan fingerprint density at radius 1 is 0.884 bits per heavy atom. The second kappa shape index (κ2) is 12.2. The number of aliphatic carboxylic acids is 1. The van der Waals surface area contributed by atoms with Gasteiger partial charge in [-0.15, -0.1) is 11.8 Å². The number of alkyl halides is 3. The number of nitrogens with zero attached hydrogens (tertiary/aromatic N) is 1. The molecule has 0 unspecified atom stereocenters. The molecule has 4 aromatic rings. The molecule has 0 atom stereocenters. The highest BCUT2D eigenvalue weighted by Gasteiger charge is 2.44. The van der Waals surface area contributed by atoms with Crippen LogP contribution in [0.4, 0.5) is 13.2 Å². The van der Waals surface area contributed by atoms with Crippen molar-refractivity contribution in [1.29, 1.82) is 0 Å². The van der Waals surface area contributed by atoms with Crippen molar-refractivity contribution in [3.8, 4) is 11.1 Å². The van der Waals surface area contributed by atoms with Gasteiger partial charge in [-0.1, -0.05) is 54.1 Å². The van der Waals surface area contributed by atoms with Gasteiger partial charge >= 0.3 is 12.1 Å². The first kappa shape index (κ1) is 32.4. The van der Waals surface area contributed by atoms with E-state index in [1.54, 1.807) is 38.1 Å². The fourth-order valence-electron chi connectivity index (χ4n) is 5.09. The molecule has 0 saturated carbocycles. The summed E-state index contributed by atoms with van der Waals surface area (Å²) in [6, 6.07) is 20.1. The van der Waals surface area contributed by atoms with Gasteiger partial charge in [0, 0.05) is 11.4 Å². The van der Waals surface area contributed by atoms with Gasteiger partial charge in [0.15, 0.2) is 0 Å². The van der Waals surface area contributed by atoms with E-state index in [1.165, 1.54) is 36.0 Å². The summed E-state index contributed by atoms with van der Waals surface area (Å²) in [5, 5.41) is 8.98. The van der Waals surface area contributed by atoms with Crippen molar-refractivity contribution in [3.63, 3.8) is 0 Å². The second-order valence-electron chi connectivity index (χ2n) is 10.9. The van der Waals surface area contributed by atoms with Crippen molar-refractivity contribution in [2.24, 2.45) is 0 Å². The fourth-order valence-corrected chi connectivity index (χ4v) is 7.92. The van der Waals surface area contributed by atoms with Gasteiger partial charge in [0.25, 0.3) is 0 Å². The van der Waals surface area contributed by atoms with Crippen LogP contribution in [0.25, 0.3) is 11.1 Å². The maximum atomic E-state index is 14.4. The molecule has 0 fully saturated rings. The molecular formula is C32H32F3NO5S2. The molecule has 6 nitrogen and oxygen atoms in total. The van der Waals surface area contributed by atoms with Crippen LogP contribution in [0.1, 0.15) is 47.6 Å². The number of carboxylic acids is 1. The zero-order chi connectivity index (χ0) is 31.7. The molecule has 0 aliphatic heterocycles. The van der Waals surface area contributed by atoms with Crippen molar-refractivity contribution < 1.29 is 35.9 Å². The highest BCUT2D eigenvalue weighted by Crippen LogP contribution is 2.40. The molecule has 0 aliphatic carbocycles. The first-order valence-corrected chi connectivity index (χ1v) is 15.7. The summed E-state index contributed by atoms with van der Waals surface area (Å²) in [6.45, 7) is 8.17. The van der Waals surface area contributed by atoms with Gasteiger partial charge in [0.2, 0.25) is 15.8 Å². The third-order valence-corrected chi connectivity index (χ3v) is 10.4. The molecule has 228 valence electrons. The summed E-state index contributed by atoms with van der Waals surface area (Å²) in [7, 11) is -4.25. The van der Waals surface area contributed by atoms with Gasteiger partial charge < -0.3 is 9.52 Å². The summed E-state index contributed by atoms with van der Waals surface area (Å²) in [5.74, 6) is -2.33. The molecular weight excluding hydrogens is 599 g/mol. The van der Waals surface area contributed by atoms with Crippen LogP contribution in [0.15, 0.2) is 87.0 Å². The van der Waals surface area contributed by atoms with E-state index in [0.29, 0.717) is 16.7 Å². The lowest BCUT2D eigenvalue weighted by Crippen LogP contribution is -2.45. The molecule has 0 radical (unpaired) electrons. The predicted molar refractivity (Wildman–Crippen MR) is 160 cm³/mol. The van der Waals surface area contributed by atoms with Gasteiger partial charge in [-0.05, 0) is 86.7 Å². The normalized spacial score (nSPS) is 12.6. The van der Waals surface area contributed by atoms with Crippen molar-refractivity contribution in [2.75, 3.05) is 5.75 Å². The van der Waals surface area contributed by atoms with Crippen LogP contribution >= 0.6 is 11.8 Å². The van der Waals surface area contributed by atoms with E-state index < -0.39 is 33.5 Å². The quantitative estimate of drug-likeness (QED) is 0.178. The maximum absolute atomic E-state index is 14.4.